The van der Waals surface area contributed by atoms with Crippen molar-refractivity contribution < 1.29 is 28.2 Å². The van der Waals surface area contributed by atoms with Gasteiger partial charge in [0.05, 0.1) is 4.90 Å². The minimum atomic E-state index is -3.60. The summed E-state index contributed by atoms with van der Waals surface area (Å²) in [6.45, 7) is 0. The Balaban J connectivity index is 2.98. The van der Waals surface area contributed by atoms with Crippen molar-refractivity contribution >= 4 is 39.2 Å². The van der Waals surface area contributed by atoms with E-state index in [0.29, 0.717) is 0 Å². The Kier molecular flexibility index (Phi) is 4.60. The smallest absolute Gasteiger partial charge is 0.342 e. The number of aromatic amines is 1. The molecule has 0 atom stereocenters. The van der Waals surface area contributed by atoms with E-state index in [1.807, 2.05) is 4.98 Å². The van der Waals surface area contributed by atoms with Gasteiger partial charge in [-0.1, -0.05) is 17.7 Å². The molecular weight excluding hydrogens is 376 g/mol. The average molecular weight is 387 g/mol. The van der Waals surface area contributed by atoms with Gasteiger partial charge in [0.2, 0.25) is 0 Å². The molecule has 2 rings (SSSR count). The lowest BCUT2D eigenvalue weighted by Gasteiger charge is -2.14. The molecule has 2 aromatic rings. The molecule has 0 amide bonds. The number of halogens is 1. The molecule has 0 aliphatic carbocycles. The fourth-order valence-corrected chi connectivity index (χ4v) is 3.23. The molecule has 132 valence electrons. The number of sulfone groups is 1. The molecule has 0 spiro atoms. The van der Waals surface area contributed by atoms with Crippen molar-refractivity contribution in [2.75, 3.05) is 12.0 Å². The van der Waals surface area contributed by atoms with Crippen LogP contribution in [0.2, 0.25) is 5.02 Å². The van der Waals surface area contributed by atoms with E-state index in [-0.39, 0.29) is 15.5 Å². The lowest BCUT2D eigenvalue weighted by molar-refractivity contribution is 0.0695. The first kappa shape index (κ1) is 18.5. The summed E-state index contributed by atoms with van der Waals surface area (Å²) >= 11 is 6.02. The number of anilines is 1. The Morgan fingerprint density at radius 3 is 2.16 bits per heavy atom. The number of carboxylic acids is 2. The van der Waals surface area contributed by atoms with Crippen molar-refractivity contribution in [1.82, 2.24) is 4.98 Å². The molecule has 9 nitrogen and oxygen atoms in total. The van der Waals surface area contributed by atoms with Crippen LogP contribution in [0.1, 0.15) is 20.7 Å². The van der Waals surface area contributed by atoms with E-state index in [0.717, 1.165) is 24.5 Å². The predicted molar refractivity (Wildman–Crippen MR) is 88.9 cm³/mol. The highest BCUT2D eigenvalue weighted by Gasteiger charge is 2.28. The molecular formula is C14H11ClN2O7S. The Morgan fingerprint density at radius 2 is 1.72 bits per heavy atom. The van der Waals surface area contributed by atoms with Crippen molar-refractivity contribution in [2.24, 2.45) is 0 Å². The maximum Gasteiger partial charge on any atom is 0.342 e. The predicted octanol–water partition coefficient (Wildman–Crippen LogP) is 1.08. The largest absolute Gasteiger partial charge is 0.478 e. The molecule has 11 heteroatoms. The minimum absolute atomic E-state index is 0.151. The van der Waals surface area contributed by atoms with Crippen LogP contribution in [-0.2, 0) is 9.84 Å². The van der Waals surface area contributed by atoms with Gasteiger partial charge in [-0.05, 0) is 12.1 Å². The van der Waals surface area contributed by atoms with E-state index in [2.05, 4.69) is 0 Å². The van der Waals surface area contributed by atoms with Gasteiger partial charge < -0.3 is 20.9 Å². The summed E-state index contributed by atoms with van der Waals surface area (Å²) in [5.74, 6) is -3.84. The molecule has 0 unspecified atom stereocenters. The van der Waals surface area contributed by atoms with E-state index < -0.39 is 49.8 Å². The number of carbonyl (C=O) groups is 2. The zero-order chi connectivity index (χ0) is 19.1. The number of nitrogens with two attached hydrogens (primary N) is 1. The first-order valence-corrected chi connectivity index (χ1v) is 8.74. The molecule has 5 N–H and O–H groups in total. The highest BCUT2D eigenvalue weighted by molar-refractivity contribution is 7.90. The second-order valence-electron chi connectivity index (χ2n) is 5.02. The van der Waals surface area contributed by atoms with Crippen molar-refractivity contribution in [1.29, 1.82) is 0 Å². The fraction of sp³-hybridized carbons (Fsp3) is 0.0714. The Hall–Kier alpha value is -2.85. The maximum absolute atomic E-state index is 11.9. The summed E-state index contributed by atoms with van der Waals surface area (Å²) < 4.78 is 23.1. The average Bonchev–Trinajstić information content (AvgIpc) is 2.44. The molecule has 0 bridgehead atoms. The molecule has 1 heterocycles. The number of pyridine rings is 1. The SMILES string of the molecule is CS(=O)(=O)c1ccc(-c2c(C(=O)O)c(N)[nH]c(=O)c2C(=O)O)c(Cl)c1. The van der Waals surface area contributed by atoms with Crippen LogP contribution < -0.4 is 11.3 Å². The summed E-state index contributed by atoms with van der Waals surface area (Å²) in [4.78, 5) is 36.7. The Bertz CT molecular complexity index is 1070. The van der Waals surface area contributed by atoms with Crippen LogP contribution in [0.4, 0.5) is 5.82 Å². The number of nitrogens with one attached hydrogen (secondary N) is 1. The highest BCUT2D eigenvalue weighted by atomic mass is 35.5. The quantitative estimate of drug-likeness (QED) is 0.605. The van der Waals surface area contributed by atoms with Crippen LogP contribution >= 0.6 is 11.6 Å². The first-order chi connectivity index (χ1) is 11.4. The van der Waals surface area contributed by atoms with Crippen LogP contribution in [0.25, 0.3) is 11.1 Å². The number of benzene rings is 1. The molecule has 0 aliphatic rings. The van der Waals surface area contributed by atoms with Gasteiger partial charge in [0, 0.05) is 22.4 Å². The van der Waals surface area contributed by atoms with E-state index in [1.54, 1.807) is 0 Å². The lowest BCUT2D eigenvalue weighted by atomic mass is 9.95. The number of aromatic carboxylic acids is 2. The van der Waals surface area contributed by atoms with Gasteiger partial charge in [0.1, 0.15) is 16.9 Å². The van der Waals surface area contributed by atoms with Gasteiger partial charge in [-0.15, -0.1) is 0 Å². The molecule has 0 saturated heterocycles. The number of hydrogen-bond acceptors (Lipinski definition) is 6. The highest BCUT2D eigenvalue weighted by Crippen LogP contribution is 2.35. The summed E-state index contributed by atoms with van der Waals surface area (Å²) in [5.41, 5.74) is 2.20. The topological polar surface area (TPSA) is 168 Å². The van der Waals surface area contributed by atoms with Crippen molar-refractivity contribution in [3.63, 3.8) is 0 Å². The van der Waals surface area contributed by atoms with Crippen LogP contribution in [0, 0.1) is 0 Å². The van der Waals surface area contributed by atoms with Crippen molar-refractivity contribution in [3.8, 4) is 11.1 Å². The van der Waals surface area contributed by atoms with E-state index in [1.165, 1.54) is 0 Å². The zero-order valence-electron chi connectivity index (χ0n) is 12.5. The summed E-state index contributed by atoms with van der Waals surface area (Å²) in [6.07, 6.45) is 0.939. The number of rotatable bonds is 4. The van der Waals surface area contributed by atoms with Gasteiger partial charge in [-0.3, -0.25) is 4.79 Å². The third-order valence-electron chi connectivity index (χ3n) is 3.31. The Labute approximate surface area is 145 Å². The maximum atomic E-state index is 11.9. The number of hydrogen-bond donors (Lipinski definition) is 4. The van der Waals surface area contributed by atoms with E-state index in [9.17, 15) is 33.0 Å². The lowest BCUT2D eigenvalue weighted by Crippen LogP contribution is -2.24. The van der Waals surface area contributed by atoms with Crippen molar-refractivity contribution in [2.45, 2.75) is 4.90 Å². The van der Waals surface area contributed by atoms with Gasteiger partial charge in [0.25, 0.3) is 5.56 Å². The summed E-state index contributed by atoms with van der Waals surface area (Å²) in [5, 5.41) is 18.4. The monoisotopic (exact) mass is 386 g/mol. The molecule has 1 aromatic heterocycles. The normalized spacial score (nSPS) is 11.3. The van der Waals surface area contributed by atoms with E-state index in [4.69, 9.17) is 17.3 Å². The second-order valence-corrected chi connectivity index (χ2v) is 7.44. The number of aromatic nitrogens is 1. The van der Waals surface area contributed by atoms with Gasteiger partial charge in [-0.25, -0.2) is 18.0 Å². The number of nitrogen functional groups attached to an aromatic ring is 1. The molecule has 1 aromatic carbocycles. The summed E-state index contributed by atoms with van der Waals surface area (Å²) in [6, 6.07) is 3.26. The Morgan fingerprint density at radius 1 is 1.16 bits per heavy atom. The zero-order valence-corrected chi connectivity index (χ0v) is 14.1. The van der Waals surface area contributed by atoms with Gasteiger partial charge >= 0.3 is 11.9 Å². The van der Waals surface area contributed by atoms with Crippen LogP contribution in [0.3, 0.4) is 0 Å². The number of H-pyrrole nitrogens is 1. The fourth-order valence-electron chi connectivity index (χ4n) is 2.25. The third-order valence-corrected chi connectivity index (χ3v) is 4.73. The van der Waals surface area contributed by atoms with Gasteiger partial charge in [0.15, 0.2) is 9.84 Å². The van der Waals surface area contributed by atoms with Crippen LogP contribution in [0.5, 0.6) is 0 Å². The number of carboxylic acid groups (broad SMARTS) is 2. The summed E-state index contributed by atoms with van der Waals surface area (Å²) in [7, 11) is -3.60. The van der Waals surface area contributed by atoms with E-state index >= 15 is 0 Å². The second kappa shape index (κ2) is 6.22. The first-order valence-electron chi connectivity index (χ1n) is 6.47. The standard InChI is InChI=1S/C14H11ClN2O7S/c1-25(23,24)5-2-3-6(7(15)4-5)8-9(13(19)20)11(16)17-12(18)10(8)14(21)22/h2-4H,1H3,(H,19,20)(H,21,22)(H3,16,17,18). The molecule has 0 saturated carbocycles. The molecule has 0 fully saturated rings. The molecule has 0 radical (unpaired) electrons. The van der Waals surface area contributed by atoms with Gasteiger partial charge in [-0.2, -0.15) is 0 Å². The third kappa shape index (κ3) is 3.35. The minimum Gasteiger partial charge on any atom is -0.478 e. The van der Waals surface area contributed by atoms with Crippen LogP contribution in [0.15, 0.2) is 27.9 Å². The van der Waals surface area contributed by atoms with Crippen molar-refractivity contribution in [3.05, 3.63) is 44.7 Å². The molecule has 25 heavy (non-hydrogen) atoms. The molecule has 0 aliphatic heterocycles. The van der Waals surface area contributed by atoms with Crippen LogP contribution in [-0.4, -0.2) is 41.8 Å².